The Morgan fingerprint density at radius 2 is 0.714 bits per heavy atom. The maximum Gasteiger partial charge on any atom is 0.306 e. The molecule has 0 aromatic rings. The van der Waals surface area contributed by atoms with Gasteiger partial charge in [0, 0.05) is 19.4 Å². The largest absolute Gasteiger partial charge is 0.462 e. The van der Waals surface area contributed by atoms with Crippen LogP contribution in [-0.2, 0) is 23.8 Å². The van der Waals surface area contributed by atoms with Crippen LogP contribution in [0, 0.1) is 0 Å². The molecule has 56 heavy (non-hydrogen) atoms. The van der Waals surface area contributed by atoms with Crippen LogP contribution >= 0.6 is 0 Å². The summed E-state index contributed by atoms with van der Waals surface area (Å²) in [7, 11) is 0. The number of allylic oxidation sites excluding steroid dienone is 4. The summed E-state index contributed by atoms with van der Waals surface area (Å²) in [6.45, 7) is 7.80. The van der Waals surface area contributed by atoms with Crippen LogP contribution in [0.2, 0.25) is 0 Å². The lowest BCUT2D eigenvalue weighted by molar-refractivity contribution is -0.163. The molecule has 0 saturated carbocycles. The Kier molecular flexibility index (Phi) is 46.4. The van der Waals surface area contributed by atoms with Gasteiger partial charge in [-0.25, -0.2) is 0 Å². The van der Waals surface area contributed by atoms with Crippen LogP contribution < -0.4 is 0 Å². The maximum atomic E-state index is 12.7. The summed E-state index contributed by atoms with van der Waals surface area (Å²) < 4.78 is 17.3. The molecule has 0 amide bonds. The second-order valence-electron chi connectivity index (χ2n) is 16.7. The molecule has 5 heteroatoms. The van der Waals surface area contributed by atoms with E-state index in [0.29, 0.717) is 26.1 Å². The number of hydrogen-bond donors (Lipinski definition) is 0. The highest BCUT2D eigenvalue weighted by molar-refractivity contribution is 5.70. The Hall–Kier alpha value is -1.62. The first-order valence-electron chi connectivity index (χ1n) is 24.9. The van der Waals surface area contributed by atoms with E-state index in [1.165, 1.54) is 186 Å². The van der Waals surface area contributed by atoms with Crippen LogP contribution in [0.4, 0.5) is 0 Å². The molecule has 0 saturated heterocycles. The average Bonchev–Trinajstić information content (AvgIpc) is 3.20. The van der Waals surface area contributed by atoms with Gasteiger partial charge < -0.3 is 14.2 Å². The minimum atomic E-state index is -0.531. The number of carbonyl (C=O) groups excluding carboxylic acids is 2. The number of ether oxygens (including phenoxy) is 3. The van der Waals surface area contributed by atoms with E-state index in [1.807, 2.05) is 0 Å². The third kappa shape index (κ3) is 45.1. The van der Waals surface area contributed by atoms with Crippen molar-refractivity contribution >= 4 is 11.9 Å². The van der Waals surface area contributed by atoms with Gasteiger partial charge in [0.15, 0.2) is 6.10 Å². The van der Waals surface area contributed by atoms with E-state index in [2.05, 4.69) is 45.1 Å². The highest BCUT2D eigenvalue weighted by Gasteiger charge is 2.17. The van der Waals surface area contributed by atoms with Crippen molar-refractivity contribution in [3.63, 3.8) is 0 Å². The summed E-state index contributed by atoms with van der Waals surface area (Å²) in [6.07, 6.45) is 54.8. The van der Waals surface area contributed by atoms with Crippen LogP contribution in [0.25, 0.3) is 0 Å². The molecule has 0 aliphatic rings. The summed E-state index contributed by atoms with van der Waals surface area (Å²) in [5.41, 5.74) is 0. The molecule has 5 nitrogen and oxygen atoms in total. The molecule has 0 N–H and O–H groups in total. The SMILES string of the molecule is CCCC/C=C\CCCCCCCC(=O)OCC(COCCCCCCCCCCCC/C=C\CCCCCCCC)OC(=O)CCCCCCCCCCC. The predicted molar refractivity (Wildman–Crippen MR) is 242 cm³/mol. The van der Waals surface area contributed by atoms with E-state index in [0.717, 1.165) is 44.9 Å². The van der Waals surface area contributed by atoms with Crippen LogP contribution in [0.1, 0.15) is 265 Å². The summed E-state index contributed by atoms with van der Waals surface area (Å²) >= 11 is 0. The Labute approximate surface area is 349 Å². The summed E-state index contributed by atoms with van der Waals surface area (Å²) in [5, 5.41) is 0. The van der Waals surface area contributed by atoms with Crippen molar-refractivity contribution in [1.29, 1.82) is 0 Å². The van der Waals surface area contributed by atoms with Crippen LogP contribution in [-0.4, -0.2) is 37.9 Å². The summed E-state index contributed by atoms with van der Waals surface area (Å²) in [4.78, 5) is 25.2. The van der Waals surface area contributed by atoms with Gasteiger partial charge in [0.25, 0.3) is 0 Å². The quantitative estimate of drug-likeness (QED) is 0.0349. The minimum absolute atomic E-state index is 0.0860. The summed E-state index contributed by atoms with van der Waals surface area (Å²) in [6, 6.07) is 0. The molecule has 0 aromatic carbocycles. The second-order valence-corrected chi connectivity index (χ2v) is 16.7. The molecule has 0 bridgehead atoms. The molecule has 330 valence electrons. The van der Waals surface area contributed by atoms with Crippen molar-refractivity contribution < 1.29 is 23.8 Å². The predicted octanol–water partition coefficient (Wildman–Crippen LogP) is 16.5. The lowest BCUT2D eigenvalue weighted by Gasteiger charge is -2.18. The molecule has 0 aliphatic carbocycles. The average molecular weight is 789 g/mol. The number of rotatable bonds is 46. The van der Waals surface area contributed by atoms with Gasteiger partial charge in [0.1, 0.15) is 6.61 Å². The number of esters is 2. The van der Waals surface area contributed by atoms with Gasteiger partial charge in [-0.15, -0.1) is 0 Å². The van der Waals surface area contributed by atoms with E-state index in [4.69, 9.17) is 14.2 Å². The zero-order valence-corrected chi connectivity index (χ0v) is 37.9. The molecule has 0 rings (SSSR count). The zero-order chi connectivity index (χ0) is 40.7. The third-order valence-corrected chi connectivity index (χ3v) is 11.0. The van der Waals surface area contributed by atoms with E-state index >= 15 is 0 Å². The van der Waals surface area contributed by atoms with Gasteiger partial charge in [0.05, 0.1) is 6.61 Å². The first-order chi connectivity index (χ1) is 27.6. The van der Waals surface area contributed by atoms with Crippen molar-refractivity contribution in [2.24, 2.45) is 0 Å². The fraction of sp³-hybridized carbons (Fsp3) is 0.882. The van der Waals surface area contributed by atoms with E-state index in [9.17, 15) is 9.59 Å². The fourth-order valence-electron chi connectivity index (χ4n) is 7.19. The monoisotopic (exact) mass is 789 g/mol. The molecular formula is C51H96O5. The van der Waals surface area contributed by atoms with Gasteiger partial charge in [-0.1, -0.05) is 212 Å². The molecule has 0 aromatic heterocycles. The van der Waals surface area contributed by atoms with Gasteiger partial charge >= 0.3 is 11.9 Å². The van der Waals surface area contributed by atoms with Crippen LogP contribution in [0.3, 0.4) is 0 Å². The highest BCUT2D eigenvalue weighted by Crippen LogP contribution is 2.15. The highest BCUT2D eigenvalue weighted by atomic mass is 16.6. The Bertz CT molecular complexity index is 851. The number of hydrogen-bond acceptors (Lipinski definition) is 5. The van der Waals surface area contributed by atoms with Crippen LogP contribution in [0.5, 0.6) is 0 Å². The fourth-order valence-corrected chi connectivity index (χ4v) is 7.19. The second kappa shape index (κ2) is 47.8. The standard InChI is InChI=1S/C51H96O5/c1-4-7-10-13-16-19-21-22-23-24-25-26-27-28-29-31-34-37-40-43-46-54-47-49(56-51(53)45-42-39-36-32-18-15-12-9-6-3)48-55-50(52)44-41-38-35-33-30-20-17-14-11-8-5-2/h14,17,22-23,49H,4-13,15-16,18-21,24-48H2,1-3H3/b17-14-,23-22-. The van der Waals surface area contributed by atoms with Crippen molar-refractivity contribution in [2.45, 2.75) is 271 Å². The Morgan fingerprint density at radius 1 is 0.375 bits per heavy atom. The number of carbonyl (C=O) groups is 2. The molecular weight excluding hydrogens is 693 g/mol. The lowest BCUT2D eigenvalue weighted by Crippen LogP contribution is -2.30. The van der Waals surface area contributed by atoms with E-state index < -0.39 is 6.10 Å². The Balaban J connectivity index is 4.11. The lowest BCUT2D eigenvalue weighted by atomic mass is 10.1. The topological polar surface area (TPSA) is 61.8 Å². The molecule has 1 atom stereocenters. The Morgan fingerprint density at radius 3 is 1.14 bits per heavy atom. The normalized spacial score (nSPS) is 12.3. The van der Waals surface area contributed by atoms with E-state index in [-0.39, 0.29) is 18.5 Å². The van der Waals surface area contributed by atoms with Gasteiger partial charge in [-0.05, 0) is 64.2 Å². The molecule has 0 aliphatic heterocycles. The minimum Gasteiger partial charge on any atom is -0.462 e. The molecule has 0 spiro atoms. The first-order valence-corrected chi connectivity index (χ1v) is 24.9. The summed E-state index contributed by atoms with van der Waals surface area (Å²) in [5.74, 6) is -0.400. The smallest absolute Gasteiger partial charge is 0.306 e. The van der Waals surface area contributed by atoms with Crippen molar-refractivity contribution in [2.75, 3.05) is 19.8 Å². The molecule has 0 heterocycles. The molecule has 0 fully saturated rings. The molecule has 0 radical (unpaired) electrons. The third-order valence-electron chi connectivity index (χ3n) is 11.0. The van der Waals surface area contributed by atoms with Crippen molar-refractivity contribution in [3.8, 4) is 0 Å². The molecule has 1 unspecified atom stereocenters. The first kappa shape index (κ1) is 54.4. The van der Waals surface area contributed by atoms with Crippen molar-refractivity contribution in [1.82, 2.24) is 0 Å². The van der Waals surface area contributed by atoms with E-state index in [1.54, 1.807) is 0 Å². The van der Waals surface area contributed by atoms with Crippen molar-refractivity contribution in [3.05, 3.63) is 24.3 Å². The maximum absolute atomic E-state index is 12.7. The number of unbranched alkanes of at least 4 members (excludes halogenated alkanes) is 31. The van der Waals surface area contributed by atoms with Gasteiger partial charge in [-0.3, -0.25) is 9.59 Å². The van der Waals surface area contributed by atoms with Gasteiger partial charge in [-0.2, -0.15) is 0 Å². The van der Waals surface area contributed by atoms with Gasteiger partial charge in [0.2, 0.25) is 0 Å². The zero-order valence-electron chi connectivity index (χ0n) is 37.9. The van der Waals surface area contributed by atoms with Crippen LogP contribution in [0.15, 0.2) is 24.3 Å².